The molecule has 0 aliphatic carbocycles. The zero-order valence-electron chi connectivity index (χ0n) is 11.9. The molecule has 1 saturated heterocycles. The minimum absolute atomic E-state index is 0.309. The van der Waals surface area contributed by atoms with Crippen LogP contribution in [0, 0.1) is 0 Å². The van der Waals surface area contributed by atoms with E-state index in [1.54, 1.807) is 0 Å². The molecule has 0 radical (unpaired) electrons. The lowest BCUT2D eigenvalue weighted by Crippen LogP contribution is -2.19. The van der Waals surface area contributed by atoms with Crippen molar-refractivity contribution in [3.8, 4) is 0 Å². The number of rotatable bonds is 3. The molecule has 1 aromatic carbocycles. The summed E-state index contributed by atoms with van der Waals surface area (Å²) < 4.78 is 4.70. The fourth-order valence-corrected chi connectivity index (χ4v) is 3.68. The van der Waals surface area contributed by atoms with Crippen LogP contribution in [0.2, 0.25) is 10.0 Å². The Kier molecular flexibility index (Phi) is 4.57. The van der Waals surface area contributed by atoms with Crippen LogP contribution in [0.15, 0.2) is 23.6 Å². The SMILES string of the molecule is COC(=O)c1nc(C2CCN(c3ccc(Cl)c(Cl)c3)C2)cs1. The van der Waals surface area contributed by atoms with Gasteiger partial charge in [0, 0.05) is 30.1 Å². The van der Waals surface area contributed by atoms with Gasteiger partial charge in [0.2, 0.25) is 5.01 Å². The number of nitrogens with zero attached hydrogens (tertiary/aromatic N) is 2. The van der Waals surface area contributed by atoms with Crippen LogP contribution in [0.25, 0.3) is 0 Å². The van der Waals surface area contributed by atoms with Crippen LogP contribution in [0.5, 0.6) is 0 Å². The van der Waals surface area contributed by atoms with E-state index >= 15 is 0 Å². The number of methoxy groups -OCH3 is 1. The van der Waals surface area contributed by atoms with E-state index in [0.29, 0.717) is 21.0 Å². The molecule has 4 nitrogen and oxygen atoms in total. The third kappa shape index (κ3) is 3.07. The zero-order valence-corrected chi connectivity index (χ0v) is 14.2. The minimum atomic E-state index is -0.379. The highest BCUT2D eigenvalue weighted by Crippen LogP contribution is 2.34. The predicted molar refractivity (Wildman–Crippen MR) is 89.5 cm³/mol. The average molecular weight is 357 g/mol. The first-order valence-electron chi connectivity index (χ1n) is 6.82. The Hall–Kier alpha value is -1.30. The fraction of sp³-hybridized carbons (Fsp3) is 0.333. The van der Waals surface area contributed by atoms with E-state index in [0.717, 1.165) is 30.9 Å². The average Bonchev–Trinajstić information content (AvgIpc) is 3.17. The van der Waals surface area contributed by atoms with Crippen LogP contribution < -0.4 is 4.90 Å². The highest BCUT2D eigenvalue weighted by molar-refractivity contribution is 7.11. The molecule has 2 aromatic rings. The van der Waals surface area contributed by atoms with Gasteiger partial charge in [-0.15, -0.1) is 11.3 Å². The predicted octanol–water partition coefficient (Wildman–Crippen LogP) is 4.23. The van der Waals surface area contributed by atoms with Crippen LogP contribution in [-0.2, 0) is 4.74 Å². The molecule has 1 aromatic heterocycles. The van der Waals surface area contributed by atoms with Crippen molar-refractivity contribution in [2.45, 2.75) is 12.3 Å². The van der Waals surface area contributed by atoms with E-state index in [4.69, 9.17) is 27.9 Å². The van der Waals surface area contributed by atoms with Crippen LogP contribution >= 0.6 is 34.5 Å². The van der Waals surface area contributed by atoms with Gasteiger partial charge >= 0.3 is 5.97 Å². The highest BCUT2D eigenvalue weighted by Gasteiger charge is 2.27. The Balaban J connectivity index is 1.73. The normalized spacial score (nSPS) is 17.8. The second kappa shape index (κ2) is 6.44. The molecule has 0 saturated carbocycles. The first-order chi connectivity index (χ1) is 10.6. The summed E-state index contributed by atoms with van der Waals surface area (Å²) in [6.07, 6.45) is 0.991. The van der Waals surface area contributed by atoms with Crippen molar-refractivity contribution in [3.63, 3.8) is 0 Å². The van der Waals surface area contributed by atoms with Crippen LogP contribution in [0.3, 0.4) is 0 Å². The van der Waals surface area contributed by atoms with Gasteiger partial charge in [-0.3, -0.25) is 0 Å². The second-order valence-corrected chi connectivity index (χ2v) is 6.77. The lowest BCUT2D eigenvalue weighted by atomic mass is 10.1. The third-order valence-electron chi connectivity index (χ3n) is 3.76. The minimum Gasteiger partial charge on any atom is -0.464 e. The number of carbonyl (C=O) groups is 1. The van der Waals surface area contributed by atoms with E-state index in [1.165, 1.54) is 18.4 Å². The zero-order chi connectivity index (χ0) is 15.7. The first kappa shape index (κ1) is 15.6. The quantitative estimate of drug-likeness (QED) is 0.771. The van der Waals surface area contributed by atoms with Crippen LogP contribution in [-0.4, -0.2) is 31.2 Å². The molecule has 7 heteroatoms. The number of benzene rings is 1. The van der Waals surface area contributed by atoms with Crippen molar-refractivity contribution >= 4 is 46.2 Å². The molecule has 1 atom stereocenters. The number of esters is 1. The molecule has 3 rings (SSSR count). The van der Waals surface area contributed by atoms with Gasteiger partial charge in [0.15, 0.2) is 0 Å². The lowest BCUT2D eigenvalue weighted by Gasteiger charge is -2.18. The maximum absolute atomic E-state index is 11.5. The fourth-order valence-electron chi connectivity index (χ4n) is 2.57. The Labute approximate surface area is 142 Å². The summed E-state index contributed by atoms with van der Waals surface area (Å²) >= 11 is 13.4. The van der Waals surface area contributed by atoms with E-state index < -0.39 is 0 Å². The molecule has 1 fully saturated rings. The molecule has 1 unspecified atom stereocenters. The number of thiazole rings is 1. The van der Waals surface area contributed by atoms with Crippen molar-refractivity contribution in [1.29, 1.82) is 0 Å². The first-order valence-corrected chi connectivity index (χ1v) is 8.46. The monoisotopic (exact) mass is 356 g/mol. The van der Waals surface area contributed by atoms with Crippen molar-refractivity contribution in [3.05, 3.63) is 44.3 Å². The van der Waals surface area contributed by atoms with Gasteiger partial charge in [-0.2, -0.15) is 0 Å². The smallest absolute Gasteiger partial charge is 0.367 e. The van der Waals surface area contributed by atoms with Crippen molar-refractivity contribution in [2.75, 3.05) is 25.1 Å². The van der Waals surface area contributed by atoms with Crippen LogP contribution in [0.1, 0.15) is 27.8 Å². The number of anilines is 1. The molecule has 22 heavy (non-hydrogen) atoms. The Bertz CT molecular complexity index is 705. The van der Waals surface area contributed by atoms with Gasteiger partial charge in [-0.05, 0) is 24.6 Å². The summed E-state index contributed by atoms with van der Waals surface area (Å²) in [6, 6.07) is 5.66. The van der Waals surface area contributed by atoms with Gasteiger partial charge in [-0.25, -0.2) is 9.78 Å². The highest BCUT2D eigenvalue weighted by atomic mass is 35.5. The molecule has 0 amide bonds. The molecular weight excluding hydrogens is 343 g/mol. The standard InChI is InChI=1S/C15H14Cl2N2O2S/c1-21-15(20)14-18-13(8-22-14)9-4-5-19(7-9)10-2-3-11(16)12(17)6-10/h2-3,6,8-9H,4-5,7H2,1H3. The van der Waals surface area contributed by atoms with E-state index in [2.05, 4.69) is 9.88 Å². The molecule has 116 valence electrons. The maximum Gasteiger partial charge on any atom is 0.367 e. The lowest BCUT2D eigenvalue weighted by molar-refractivity contribution is 0.0600. The van der Waals surface area contributed by atoms with Crippen molar-refractivity contribution < 1.29 is 9.53 Å². The van der Waals surface area contributed by atoms with Crippen molar-refractivity contribution in [2.24, 2.45) is 0 Å². The molecule has 0 bridgehead atoms. The van der Waals surface area contributed by atoms with Gasteiger partial charge < -0.3 is 9.64 Å². The molecule has 0 spiro atoms. The summed E-state index contributed by atoms with van der Waals surface area (Å²) in [5.41, 5.74) is 2.01. The summed E-state index contributed by atoms with van der Waals surface area (Å²) in [7, 11) is 1.37. The molecule has 0 N–H and O–H groups in total. The van der Waals surface area contributed by atoms with E-state index in [-0.39, 0.29) is 5.97 Å². The van der Waals surface area contributed by atoms with E-state index in [9.17, 15) is 4.79 Å². The summed E-state index contributed by atoms with van der Waals surface area (Å²) in [5, 5.41) is 3.47. The molecular formula is C15H14Cl2N2O2S. The van der Waals surface area contributed by atoms with E-state index in [1.807, 2.05) is 23.6 Å². The van der Waals surface area contributed by atoms with Gasteiger partial charge in [-0.1, -0.05) is 23.2 Å². The van der Waals surface area contributed by atoms with Crippen molar-refractivity contribution in [1.82, 2.24) is 4.98 Å². The summed E-state index contributed by atoms with van der Waals surface area (Å²) in [5.74, 6) is -0.0697. The second-order valence-electron chi connectivity index (χ2n) is 5.10. The third-order valence-corrected chi connectivity index (χ3v) is 5.34. The maximum atomic E-state index is 11.5. The van der Waals surface area contributed by atoms with Gasteiger partial charge in [0.25, 0.3) is 0 Å². The van der Waals surface area contributed by atoms with Crippen LogP contribution in [0.4, 0.5) is 5.69 Å². The van der Waals surface area contributed by atoms with Gasteiger partial charge in [0.1, 0.15) is 0 Å². The number of carbonyl (C=O) groups excluding carboxylic acids is 1. The van der Waals surface area contributed by atoms with Gasteiger partial charge in [0.05, 0.1) is 22.8 Å². The number of hydrogen-bond acceptors (Lipinski definition) is 5. The molecule has 1 aliphatic rings. The topological polar surface area (TPSA) is 42.4 Å². The number of hydrogen-bond donors (Lipinski definition) is 0. The number of ether oxygens (including phenoxy) is 1. The summed E-state index contributed by atoms with van der Waals surface area (Å²) in [6.45, 7) is 1.77. The molecule has 1 aliphatic heterocycles. The number of halogens is 2. The largest absolute Gasteiger partial charge is 0.464 e. The number of aromatic nitrogens is 1. The Morgan fingerprint density at radius 2 is 2.23 bits per heavy atom. The molecule has 2 heterocycles. The Morgan fingerprint density at radius 1 is 1.41 bits per heavy atom. The summed E-state index contributed by atoms with van der Waals surface area (Å²) in [4.78, 5) is 18.1. The Morgan fingerprint density at radius 3 is 2.95 bits per heavy atom.